The number of hydrogen-bond donors (Lipinski definition) is 1. The normalized spacial score (nSPS) is 11.3. The molecule has 4 nitrogen and oxygen atoms in total. The van der Waals surface area contributed by atoms with Crippen LogP contribution in [-0.4, -0.2) is 22.0 Å². The fourth-order valence-corrected chi connectivity index (χ4v) is 3.84. The van der Waals surface area contributed by atoms with Crippen LogP contribution < -0.4 is 9.62 Å². The molecule has 0 aliphatic heterocycles. The lowest BCUT2D eigenvalue weighted by Gasteiger charge is -2.19. The lowest BCUT2D eigenvalue weighted by atomic mass is 10.1. The summed E-state index contributed by atoms with van der Waals surface area (Å²) in [6.45, 7) is 3.13. The molecule has 1 N–H and O–H groups in total. The summed E-state index contributed by atoms with van der Waals surface area (Å²) in [5, 5.41) is 3.35. The van der Waals surface area contributed by atoms with Gasteiger partial charge in [-0.3, -0.25) is 4.31 Å². The van der Waals surface area contributed by atoms with Crippen LogP contribution in [0.4, 0.5) is 11.4 Å². The Morgan fingerprint density at radius 2 is 1.52 bits per heavy atom. The molecule has 0 aromatic heterocycles. The van der Waals surface area contributed by atoms with Gasteiger partial charge in [-0.15, -0.1) is 0 Å². The molecule has 0 heterocycles. The molecule has 0 saturated heterocycles. The van der Waals surface area contributed by atoms with E-state index < -0.39 is 10.0 Å². The average Bonchev–Trinajstić information content (AvgIpc) is 2.65. The molecule has 0 aliphatic carbocycles. The third kappa shape index (κ3) is 5.49. The summed E-state index contributed by atoms with van der Waals surface area (Å²) in [5.74, 6) is 0. The number of benzene rings is 2. The molecule has 5 heteroatoms. The van der Waals surface area contributed by atoms with Crippen molar-refractivity contribution in [2.45, 2.75) is 43.9 Å². The van der Waals surface area contributed by atoms with Crippen molar-refractivity contribution in [3.05, 3.63) is 54.6 Å². The van der Waals surface area contributed by atoms with Crippen LogP contribution in [-0.2, 0) is 10.0 Å². The summed E-state index contributed by atoms with van der Waals surface area (Å²) < 4.78 is 26.7. The lowest BCUT2D eigenvalue weighted by Crippen LogP contribution is -2.26. The van der Waals surface area contributed by atoms with Crippen molar-refractivity contribution in [1.29, 1.82) is 0 Å². The Morgan fingerprint density at radius 3 is 2.16 bits per heavy atom. The van der Waals surface area contributed by atoms with Crippen molar-refractivity contribution >= 4 is 21.4 Å². The number of nitrogens with one attached hydrogen (secondary N) is 1. The monoisotopic (exact) mass is 360 g/mol. The molecule has 0 bridgehead atoms. The second-order valence-corrected chi connectivity index (χ2v) is 8.14. The number of nitrogens with zero attached hydrogens (tertiary/aromatic N) is 1. The van der Waals surface area contributed by atoms with Crippen molar-refractivity contribution in [2.75, 3.05) is 23.2 Å². The quantitative estimate of drug-likeness (QED) is 0.614. The minimum atomic E-state index is -3.54. The number of anilines is 2. The standard InChI is InChI=1S/C20H28N2O2S/c1-3-4-5-6-10-17-21-18-13-15-20(16-14-18)25(23,24)22(2)19-11-8-7-9-12-19/h7-9,11-16,21H,3-6,10,17H2,1-2H3. The highest BCUT2D eigenvalue weighted by molar-refractivity contribution is 7.92. The number of rotatable bonds is 10. The average molecular weight is 361 g/mol. The number of para-hydroxylation sites is 1. The van der Waals surface area contributed by atoms with E-state index in [2.05, 4.69) is 12.2 Å². The summed E-state index contributed by atoms with van der Waals surface area (Å²) in [7, 11) is -1.96. The van der Waals surface area contributed by atoms with Crippen molar-refractivity contribution in [3.8, 4) is 0 Å². The minimum absolute atomic E-state index is 0.298. The number of unbranched alkanes of at least 4 members (excludes halogenated alkanes) is 4. The van der Waals surface area contributed by atoms with Crippen LogP contribution in [0.5, 0.6) is 0 Å². The molecule has 2 rings (SSSR count). The largest absolute Gasteiger partial charge is 0.385 e. The molecular formula is C20H28N2O2S. The van der Waals surface area contributed by atoms with Gasteiger partial charge in [-0.25, -0.2) is 8.42 Å². The van der Waals surface area contributed by atoms with Crippen molar-refractivity contribution in [1.82, 2.24) is 0 Å². The van der Waals surface area contributed by atoms with Gasteiger partial charge < -0.3 is 5.32 Å². The van der Waals surface area contributed by atoms with Gasteiger partial charge in [0.05, 0.1) is 10.6 Å². The van der Waals surface area contributed by atoms with Crippen LogP contribution in [0.25, 0.3) is 0 Å². The van der Waals surface area contributed by atoms with Gasteiger partial charge in [-0.2, -0.15) is 0 Å². The van der Waals surface area contributed by atoms with Crippen molar-refractivity contribution in [2.24, 2.45) is 0 Å². The molecule has 0 amide bonds. The molecule has 0 aliphatic rings. The maximum atomic E-state index is 12.7. The smallest absolute Gasteiger partial charge is 0.264 e. The van der Waals surface area contributed by atoms with Crippen LogP contribution in [0, 0.1) is 0 Å². The summed E-state index contributed by atoms with van der Waals surface area (Å²) in [6, 6.07) is 16.1. The fourth-order valence-electron chi connectivity index (χ4n) is 2.64. The van der Waals surface area contributed by atoms with Gasteiger partial charge >= 0.3 is 0 Å². The van der Waals surface area contributed by atoms with Gasteiger partial charge in [0, 0.05) is 19.3 Å². The minimum Gasteiger partial charge on any atom is -0.385 e. The zero-order chi connectivity index (χ0) is 18.1. The second kappa shape index (κ2) is 9.47. The van der Waals surface area contributed by atoms with Gasteiger partial charge in [-0.1, -0.05) is 50.8 Å². The Hall–Kier alpha value is -2.01. The van der Waals surface area contributed by atoms with E-state index >= 15 is 0 Å². The first-order valence-corrected chi connectivity index (χ1v) is 10.4. The van der Waals surface area contributed by atoms with E-state index in [0.717, 1.165) is 18.7 Å². The highest BCUT2D eigenvalue weighted by Gasteiger charge is 2.20. The molecule has 0 atom stereocenters. The zero-order valence-electron chi connectivity index (χ0n) is 15.1. The fraction of sp³-hybridized carbons (Fsp3) is 0.400. The van der Waals surface area contributed by atoms with Crippen LogP contribution >= 0.6 is 0 Å². The third-order valence-corrected chi connectivity index (χ3v) is 6.04. The topological polar surface area (TPSA) is 49.4 Å². The Kier molecular flexibility index (Phi) is 7.31. The molecule has 0 radical (unpaired) electrons. The van der Waals surface area contributed by atoms with E-state index in [0.29, 0.717) is 10.6 Å². The van der Waals surface area contributed by atoms with E-state index in [-0.39, 0.29) is 0 Å². The Bertz CT molecular complexity index is 728. The van der Waals surface area contributed by atoms with Crippen molar-refractivity contribution in [3.63, 3.8) is 0 Å². The van der Waals surface area contributed by atoms with E-state index in [1.807, 2.05) is 30.3 Å². The van der Waals surface area contributed by atoms with Gasteiger partial charge in [-0.05, 0) is 42.8 Å². The number of sulfonamides is 1. The van der Waals surface area contributed by atoms with Gasteiger partial charge in [0.15, 0.2) is 0 Å². The predicted molar refractivity (Wildman–Crippen MR) is 106 cm³/mol. The molecule has 0 spiro atoms. The molecular weight excluding hydrogens is 332 g/mol. The lowest BCUT2D eigenvalue weighted by molar-refractivity contribution is 0.594. The highest BCUT2D eigenvalue weighted by atomic mass is 32.2. The first-order valence-electron chi connectivity index (χ1n) is 8.93. The first-order chi connectivity index (χ1) is 12.1. The van der Waals surface area contributed by atoms with E-state index in [1.165, 1.54) is 30.0 Å². The first kappa shape index (κ1) is 19.3. The van der Waals surface area contributed by atoms with Crippen LogP contribution in [0.1, 0.15) is 39.0 Å². The van der Waals surface area contributed by atoms with Crippen LogP contribution in [0.15, 0.2) is 59.5 Å². The Labute approximate surface area is 151 Å². The molecule has 2 aromatic carbocycles. The van der Waals surface area contributed by atoms with E-state index in [4.69, 9.17) is 0 Å². The molecule has 0 unspecified atom stereocenters. The molecule has 25 heavy (non-hydrogen) atoms. The van der Waals surface area contributed by atoms with Gasteiger partial charge in [0.1, 0.15) is 0 Å². The molecule has 0 fully saturated rings. The van der Waals surface area contributed by atoms with Crippen LogP contribution in [0.3, 0.4) is 0 Å². The van der Waals surface area contributed by atoms with Crippen LogP contribution in [0.2, 0.25) is 0 Å². The zero-order valence-corrected chi connectivity index (χ0v) is 15.9. The summed E-state index contributed by atoms with van der Waals surface area (Å²) >= 11 is 0. The van der Waals surface area contributed by atoms with E-state index in [1.54, 1.807) is 31.3 Å². The van der Waals surface area contributed by atoms with Gasteiger partial charge in [0.2, 0.25) is 0 Å². The summed E-state index contributed by atoms with van der Waals surface area (Å²) in [4.78, 5) is 0.298. The predicted octanol–water partition coefficient (Wildman–Crippen LogP) is 4.89. The molecule has 0 saturated carbocycles. The highest BCUT2D eigenvalue weighted by Crippen LogP contribution is 2.22. The maximum absolute atomic E-state index is 12.7. The molecule has 2 aromatic rings. The summed E-state index contributed by atoms with van der Waals surface area (Å²) in [6.07, 6.45) is 6.19. The van der Waals surface area contributed by atoms with Crippen molar-refractivity contribution < 1.29 is 8.42 Å². The Morgan fingerprint density at radius 1 is 0.880 bits per heavy atom. The number of hydrogen-bond acceptors (Lipinski definition) is 3. The SMILES string of the molecule is CCCCCCCNc1ccc(S(=O)(=O)N(C)c2ccccc2)cc1. The maximum Gasteiger partial charge on any atom is 0.264 e. The second-order valence-electron chi connectivity index (χ2n) is 6.17. The summed E-state index contributed by atoms with van der Waals surface area (Å²) in [5.41, 5.74) is 1.61. The van der Waals surface area contributed by atoms with E-state index in [9.17, 15) is 8.42 Å². The molecule has 136 valence electrons. The third-order valence-electron chi connectivity index (χ3n) is 4.24. The van der Waals surface area contributed by atoms with Gasteiger partial charge in [0.25, 0.3) is 10.0 Å². The Balaban J connectivity index is 1.94.